The first-order chi connectivity index (χ1) is 14.2. The lowest BCUT2D eigenvalue weighted by atomic mass is 10.1. The molecule has 0 amide bonds. The van der Waals surface area contributed by atoms with Gasteiger partial charge in [0.2, 0.25) is 0 Å². The number of carbonyl (C=O) groups is 2. The van der Waals surface area contributed by atoms with Crippen LogP contribution in [0.2, 0.25) is 0 Å². The first-order valence-corrected chi connectivity index (χ1v) is 12.6. The molecule has 0 aromatic rings. The van der Waals surface area contributed by atoms with Gasteiger partial charge < -0.3 is 9.47 Å². The normalized spacial score (nSPS) is 16.0. The molecule has 4 heteroatoms. The van der Waals surface area contributed by atoms with Crippen LogP contribution in [0.3, 0.4) is 0 Å². The minimum Gasteiger partial charge on any atom is -0.466 e. The molecule has 168 valence electrons. The lowest BCUT2D eigenvalue weighted by Gasteiger charge is -2.06. The minimum atomic E-state index is -0.0595. The maximum atomic E-state index is 11.7. The Balaban J connectivity index is 1.24. The third-order valence-corrected chi connectivity index (χ3v) is 6.20. The average molecular weight is 409 g/mol. The third-order valence-electron chi connectivity index (χ3n) is 6.20. The molecule has 0 aliphatic heterocycles. The van der Waals surface area contributed by atoms with E-state index in [1.807, 2.05) is 0 Å². The molecule has 2 aliphatic carbocycles. The molecule has 4 nitrogen and oxygen atoms in total. The largest absolute Gasteiger partial charge is 0.466 e. The lowest BCUT2D eigenvalue weighted by molar-refractivity contribution is -0.144. The van der Waals surface area contributed by atoms with E-state index in [0.717, 1.165) is 56.8 Å². The Morgan fingerprint density at radius 3 is 1.31 bits per heavy atom. The van der Waals surface area contributed by atoms with Gasteiger partial charge in [0.1, 0.15) is 0 Å². The van der Waals surface area contributed by atoms with Crippen LogP contribution in [0.15, 0.2) is 0 Å². The van der Waals surface area contributed by atoms with E-state index >= 15 is 0 Å². The summed E-state index contributed by atoms with van der Waals surface area (Å²) >= 11 is 0. The van der Waals surface area contributed by atoms with Crippen molar-refractivity contribution in [3.05, 3.63) is 0 Å². The van der Waals surface area contributed by atoms with Crippen molar-refractivity contribution in [2.24, 2.45) is 11.8 Å². The first kappa shape index (κ1) is 24.2. The maximum Gasteiger partial charge on any atom is 0.305 e. The Morgan fingerprint density at radius 1 is 0.517 bits per heavy atom. The molecule has 0 aromatic carbocycles. The second-order valence-electron chi connectivity index (χ2n) is 9.29. The monoisotopic (exact) mass is 408 g/mol. The number of hydrogen-bond acceptors (Lipinski definition) is 4. The third kappa shape index (κ3) is 15.4. The van der Waals surface area contributed by atoms with E-state index in [9.17, 15) is 9.59 Å². The molecule has 2 rings (SSSR count). The van der Waals surface area contributed by atoms with Crippen molar-refractivity contribution < 1.29 is 19.1 Å². The van der Waals surface area contributed by atoms with E-state index in [1.54, 1.807) is 0 Å². The van der Waals surface area contributed by atoms with Crippen LogP contribution in [0.1, 0.15) is 122 Å². The lowest BCUT2D eigenvalue weighted by Crippen LogP contribution is -2.07. The molecule has 0 heterocycles. The van der Waals surface area contributed by atoms with Gasteiger partial charge in [-0.25, -0.2) is 0 Å². The Morgan fingerprint density at radius 2 is 0.897 bits per heavy atom. The van der Waals surface area contributed by atoms with E-state index in [-0.39, 0.29) is 11.9 Å². The second kappa shape index (κ2) is 15.7. The molecule has 0 aromatic heterocycles. The SMILES string of the molecule is O=C(CCCCCCC1CC1)OCCCCCOC(=O)CCCCCCC1CC1. The van der Waals surface area contributed by atoms with Crippen molar-refractivity contribution in [2.75, 3.05) is 13.2 Å². The number of carbonyl (C=O) groups excluding carboxylic acids is 2. The fourth-order valence-electron chi connectivity index (χ4n) is 3.82. The van der Waals surface area contributed by atoms with Crippen LogP contribution in [0, 0.1) is 11.8 Å². The van der Waals surface area contributed by atoms with Crippen molar-refractivity contribution in [1.29, 1.82) is 0 Å². The zero-order valence-electron chi connectivity index (χ0n) is 18.6. The number of rotatable bonds is 20. The quantitative estimate of drug-likeness (QED) is 0.165. The summed E-state index contributed by atoms with van der Waals surface area (Å²) in [4.78, 5) is 23.4. The number of unbranched alkanes of at least 4 members (excludes halogenated alkanes) is 8. The predicted octanol–water partition coefficient (Wildman–Crippen LogP) is 6.74. The molecule has 0 spiro atoms. The first-order valence-electron chi connectivity index (χ1n) is 12.6. The zero-order valence-corrected chi connectivity index (χ0v) is 18.6. The highest BCUT2D eigenvalue weighted by Gasteiger charge is 2.20. The van der Waals surface area contributed by atoms with Gasteiger partial charge in [0.15, 0.2) is 0 Å². The molecule has 0 radical (unpaired) electrons. The zero-order chi connectivity index (χ0) is 20.6. The van der Waals surface area contributed by atoms with Gasteiger partial charge in [-0.2, -0.15) is 0 Å². The summed E-state index contributed by atoms with van der Waals surface area (Å²) in [5.74, 6) is 1.93. The summed E-state index contributed by atoms with van der Waals surface area (Å²) in [6.45, 7) is 0.991. The van der Waals surface area contributed by atoms with E-state index in [1.165, 1.54) is 64.2 Å². The smallest absolute Gasteiger partial charge is 0.305 e. The highest BCUT2D eigenvalue weighted by atomic mass is 16.5. The van der Waals surface area contributed by atoms with E-state index < -0.39 is 0 Å². The summed E-state index contributed by atoms with van der Waals surface area (Å²) in [7, 11) is 0. The molecule has 2 saturated carbocycles. The van der Waals surface area contributed by atoms with Crippen molar-refractivity contribution in [3.8, 4) is 0 Å². The summed E-state index contributed by atoms with van der Waals surface area (Å²) in [6, 6.07) is 0. The van der Waals surface area contributed by atoms with Crippen LogP contribution in [0.4, 0.5) is 0 Å². The van der Waals surface area contributed by atoms with Gasteiger partial charge in [0.25, 0.3) is 0 Å². The summed E-state index contributed by atoms with van der Waals surface area (Å²) < 4.78 is 10.6. The molecule has 2 aliphatic rings. The summed E-state index contributed by atoms with van der Waals surface area (Å²) in [5.41, 5.74) is 0. The van der Waals surface area contributed by atoms with Crippen molar-refractivity contribution in [3.63, 3.8) is 0 Å². The Kier molecular flexibility index (Phi) is 13.1. The number of esters is 2. The number of ether oxygens (including phenoxy) is 2. The highest BCUT2D eigenvalue weighted by molar-refractivity contribution is 5.69. The Hall–Kier alpha value is -1.06. The van der Waals surface area contributed by atoms with Crippen LogP contribution < -0.4 is 0 Å². The van der Waals surface area contributed by atoms with Gasteiger partial charge in [-0.1, -0.05) is 77.0 Å². The molecule has 0 atom stereocenters. The van der Waals surface area contributed by atoms with Crippen LogP contribution in [-0.2, 0) is 19.1 Å². The van der Waals surface area contributed by atoms with Gasteiger partial charge >= 0.3 is 11.9 Å². The molecule has 2 fully saturated rings. The van der Waals surface area contributed by atoms with Crippen LogP contribution in [0.25, 0.3) is 0 Å². The highest BCUT2D eigenvalue weighted by Crippen LogP contribution is 2.34. The van der Waals surface area contributed by atoms with E-state index in [4.69, 9.17) is 9.47 Å². The van der Waals surface area contributed by atoms with E-state index in [2.05, 4.69) is 0 Å². The molecular weight excluding hydrogens is 364 g/mol. The van der Waals surface area contributed by atoms with Crippen LogP contribution in [0.5, 0.6) is 0 Å². The summed E-state index contributed by atoms with van der Waals surface area (Å²) in [6.07, 6.45) is 21.7. The topological polar surface area (TPSA) is 52.6 Å². The minimum absolute atomic E-state index is 0.0595. The molecular formula is C25H44O4. The van der Waals surface area contributed by atoms with Gasteiger partial charge in [-0.3, -0.25) is 9.59 Å². The number of hydrogen-bond donors (Lipinski definition) is 0. The molecule has 0 bridgehead atoms. The second-order valence-corrected chi connectivity index (χ2v) is 9.29. The molecule has 0 N–H and O–H groups in total. The van der Waals surface area contributed by atoms with Crippen LogP contribution >= 0.6 is 0 Å². The van der Waals surface area contributed by atoms with Crippen molar-refractivity contribution in [1.82, 2.24) is 0 Å². The fraction of sp³-hybridized carbons (Fsp3) is 0.920. The predicted molar refractivity (Wildman–Crippen MR) is 117 cm³/mol. The Bertz CT molecular complexity index is 400. The fourth-order valence-corrected chi connectivity index (χ4v) is 3.82. The standard InChI is InChI=1S/C25H44O4/c26-24(14-8-3-1-6-12-22-16-17-22)28-20-10-5-11-21-29-25(27)15-9-4-2-7-13-23-18-19-23/h22-23H,1-21H2. The molecule has 0 unspecified atom stereocenters. The van der Waals surface area contributed by atoms with Crippen molar-refractivity contribution in [2.45, 2.75) is 122 Å². The van der Waals surface area contributed by atoms with Gasteiger partial charge in [-0.15, -0.1) is 0 Å². The molecule has 0 saturated heterocycles. The van der Waals surface area contributed by atoms with Gasteiger partial charge in [-0.05, 0) is 43.9 Å². The van der Waals surface area contributed by atoms with Crippen LogP contribution in [-0.4, -0.2) is 25.2 Å². The van der Waals surface area contributed by atoms with Gasteiger partial charge in [0.05, 0.1) is 13.2 Å². The average Bonchev–Trinajstić information content (AvgIpc) is 3.61. The van der Waals surface area contributed by atoms with E-state index in [0.29, 0.717) is 26.1 Å². The van der Waals surface area contributed by atoms with Gasteiger partial charge in [0, 0.05) is 12.8 Å². The summed E-state index contributed by atoms with van der Waals surface area (Å²) in [5, 5.41) is 0. The van der Waals surface area contributed by atoms with Crippen molar-refractivity contribution >= 4 is 11.9 Å². The maximum absolute atomic E-state index is 11.7. The Labute approximate surface area is 178 Å². The molecule has 29 heavy (non-hydrogen) atoms.